The molecule has 1 aromatic rings. The number of nitrogens with two attached hydrogens (primary N) is 1. The van der Waals surface area contributed by atoms with Crippen molar-refractivity contribution in [1.29, 1.82) is 0 Å². The predicted octanol–water partition coefficient (Wildman–Crippen LogP) is 2.59. The van der Waals surface area contributed by atoms with Gasteiger partial charge in [0.2, 0.25) is 10.0 Å². The molecule has 1 heterocycles. The number of nitrogens with zero attached hydrogens (tertiary/aromatic N) is 1. The van der Waals surface area contributed by atoms with Crippen LogP contribution in [-0.4, -0.2) is 25.8 Å². The number of halogens is 2. The molecule has 2 N–H and O–H groups in total. The molecule has 2 unspecified atom stereocenters. The minimum atomic E-state index is -3.81. The zero-order valence-electron chi connectivity index (χ0n) is 10.9. The molecule has 0 amide bonds. The molecule has 0 bridgehead atoms. The number of hydrogen-bond donors (Lipinski definition) is 1. The van der Waals surface area contributed by atoms with Gasteiger partial charge in [0.25, 0.3) is 0 Å². The number of nitrogen functional groups attached to an aromatic ring is 1. The van der Waals surface area contributed by atoms with Gasteiger partial charge < -0.3 is 5.73 Å². The summed E-state index contributed by atoms with van der Waals surface area (Å²) in [4.78, 5) is -0.329. The average Bonchev–Trinajstić information content (AvgIpc) is 2.94. The van der Waals surface area contributed by atoms with Crippen LogP contribution in [0.4, 0.5) is 10.1 Å². The van der Waals surface area contributed by atoms with E-state index in [0.29, 0.717) is 24.9 Å². The normalized spacial score (nSPS) is 26.9. The summed E-state index contributed by atoms with van der Waals surface area (Å²) in [5.74, 6) is 0.0888. The fourth-order valence-corrected chi connectivity index (χ4v) is 5.58. The van der Waals surface area contributed by atoms with E-state index < -0.39 is 15.8 Å². The van der Waals surface area contributed by atoms with Crippen molar-refractivity contribution in [2.24, 2.45) is 11.8 Å². The first-order valence-corrected chi connectivity index (χ1v) is 8.87. The Labute approximate surface area is 126 Å². The zero-order chi connectivity index (χ0) is 14.5. The largest absolute Gasteiger partial charge is 0.399 e. The van der Waals surface area contributed by atoms with E-state index in [9.17, 15) is 12.8 Å². The van der Waals surface area contributed by atoms with Crippen molar-refractivity contribution >= 4 is 31.6 Å². The summed E-state index contributed by atoms with van der Waals surface area (Å²) in [6.45, 7) is 0.998. The van der Waals surface area contributed by atoms with E-state index in [4.69, 9.17) is 5.73 Å². The van der Waals surface area contributed by atoms with Gasteiger partial charge in [-0.25, -0.2) is 12.8 Å². The minimum absolute atomic E-state index is 0.0791. The lowest BCUT2D eigenvalue weighted by atomic mass is 10.0. The van der Waals surface area contributed by atoms with E-state index >= 15 is 0 Å². The first kappa shape index (κ1) is 14.3. The summed E-state index contributed by atoms with van der Waals surface area (Å²) in [5, 5.41) is 0. The summed E-state index contributed by atoms with van der Waals surface area (Å²) in [5.41, 5.74) is 5.87. The fraction of sp³-hybridized carbons (Fsp3) is 0.538. The van der Waals surface area contributed by atoms with E-state index in [0.717, 1.165) is 12.8 Å². The lowest BCUT2D eigenvalue weighted by Crippen LogP contribution is -2.30. The van der Waals surface area contributed by atoms with Crippen LogP contribution in [0.25, 0.3) is 0 Å². The summed E-state index contributed by atoms with van der Waals surface area (Å²) >= 11 is 3.01. The smallest absolute Gasteiger partial charge is 0.246 e. The van der Waals surface area contributed by atoms with E-state index in [1.807, 2.05) is 0 Å². The Hall–Kier alpha value is -0.660. The molecule has 110 valence electrons. The van der Waals surface area contributed by atoms with E-state index in [-0.39, 0.29) is 15.1 Å². The Balaban J connectivity index is 1.97. The highest BCUT2D eigenvalue weighted by Gasteiger charge is 2.42. The molecule has 20 heavy (non-hydrogen) atoms. The Kier molecular flexibility index (Phi) is 3.54. The molecule has 0 spiro atoms. The van der Waals surface area contributed by atoms with Gasteiger partial charge in [-0.1, -0.05) is 6.42 Å². The Morgan fingerprint density at radius 2 is 1.85 bits per heavy atom. The quantitative estimate of drug-likeness (QED) is 0.822. The van der Waals surface area contributed by atoms with Crippen LogP contribution in [0.2, 0.25) is 0 Å². The van der Waals surface area contributed by atoms with Crippen LogP contribution in [-0.2, 0) is 10.0 Å². The highest BCUT2D eigenvalue weighted by Crippen LogP contribution is 2.40. The van der Waals surface area contributed by atoms with Crippen molar-refractivity contribution in [3.63, 3.8) is 0 Å². The summed E-state index contributed by atoms with van der Waals surface area (Å²) < 4.78 is 40.8. The van der Waals surface area contributed by atoms with Crippen molar-refractivity contribution in [1.82, 2.24) is 4.31 Å². The third-order valence-electron chi connectivity index (χ3n) is 4.33. The molecule has 0 aromatic heterocycles. The van der Waals surface area contributed by atoms with E-state index in [1.54, 1.807) is 0 Å². The fourth-order valence-electron chi connectivity index (χ4n) is 3.30. The second-order valence-electron chi connectivity index (χ2n) is 5.59. The van der Waals surface area contributed by atoms with Gasteiger partial charge >= 0.3 is 0 Å². The van der Waals surface area contributed by atoms with Crippen LogP contribution in [0.1, 0.15) is 19.3 Å². The second-order valence-corrected chi connectivity index (χ2v) is 8.35. The second kappa shape index (κ2) is 4.96. The molecule has 1 aromatic carbocycles. The lowest BCUT2D eigenvalue weighted by molar-refractivity contribution is 0.440. The molecule has 1 saturated carbocycles. The van der Waals surface area contributed by atoms with E-state index in [2.05, 4.69) is 15.9 Å². The van der Waals surface area contributed by atoms with Gasteiger partial charge in [-0.3, -0.25) is 0 Å². The van der Waals surface area contributed by atoms with Crippen LogP contribution in [0.3, 0.4) is 0 Å². The third kappa shape index (κ3) is 2.25. The maximum atomic E-state index is 14.1. The number of hydrogen-bond acceptors (Lipinski definition) is 3. The zero-order valence-corrected chi connectivity index (χ0v) is 13.3. The van der Waals surface area contributed by atoms with Gasteiger partial charge in [-0.05, 0) is 52.7 Å². The summed E-state index contributed by atoms with van der Waals surface area (Å²) in [6, 6.07) is 2.57. The van der Waals surface area contributed by atoms with Crippen LogP contribution in [0.15, 0.2) is 21.5 Å². The van der Waals surface area contributed by atoms with Gasteiger partial charge in [0.1, 0.15) is 4.90 Å². The van der Waals surface area contributed by atoms with Crippen LogP contribution >= 0.6 is 15.9 Å². The monoisotopic (exact) mass is 362 g/mol. The van der Waals surface area contributed by atoms with Crippen LogP contribution in [0.5, 0.6) is 0 Å². The Morgan fingerprint density at radius 3 is 2.45 bits per heavy atom. The first-order valence-electron chi connectivity index (χ1n) is 6.64. The molecule has 2 fully saturated rings. The molecule has 1 saturated heterocycles. The third-order valence-corrected chi connectivity index (χ3v) is 6.74. The summed E-state index contributed by atoms with van der Waals surface area (Å²) in [6.07, 6.45) is 3.31. The molecular weight excluding hydrogens is 347 g/mol. The van der Waals surface area contributed by atoms with Gasteiger partial charge in [-0.15, -0.1) is 0 Å². The number of benzene rings is 1. The number of sulfonamides is 1. The average molecular weight is 363 g/mol. The number of fused-ring (bicyclic) bond motifs is 1. The molecule has 4 nitrogen and oxygen atoms in total. The lowest BCUT2D eigenvalue weighted by Gasteiger charge is -2.18. The molecule has 0 radical (unpaired) electrons. The predicted molar refractivity (Wildman–Crippen MR) is 78.1 cm³/mol. The summed E-state index contributed by atoms with van der Waals surface area (Å²) in [7, 11) is -3.81. The van der Waals surface area contributed by atoms with Crippen LogP contribution in [0, 0.1) is 17.7 Å². The maximum Gasteiger partial charge on any atom is 0.246 e. The van der Waals surface area contributed by atoms with Crippen molar-refractivity contribution in [3.8, 4) is 0 Å². The van der Waals surface area contributed by atoms with Crippen LogP contribution < -0.4 is 5.73 Å². The molecule has 3 rings (SSSR count). The number of anilines is 1. The first-order chi connectivity index (χ1) is 9.39. The van der Waals surface area contributed by atoms with Gasteiger partial charge in [0, 0.05) is 18.8 Å². The van der Waals surface area contributed by atoms with E-state index in [1.165, 1.54) is 22.9 Å². The van der Waals surface area contributed by atoms with Gasteiger partial charge in [0.15, 0.2) is 5.82 Å². The molecule has 7 heteroatoms. The highest BCUT2D eigenvalue weighted by molar-refractivity contribution is 9.10. The molecule has 1 aliphatic carbocycles. The molecule has 1 aliphatic heterocycles. The van der Waals surface area contributed by atoms with Crippen molar-refractivity contribution in [2.45, 2.75) is 24.2 Å². The molecule has 2 atom stereocenters. The van der Waals surface area contributed by atoms with Crippen molar-refractivity contribution in [2.75, 3.05) is 18.8 Å². The van der Waals surface area contributed by atoms with Crippen molar-refractivity contribution < 1.29 is 12.8 Å². The SMILES string of the molecule is Nc1cc(Br)c(F)c(S(=O)(=O)N2CC3CCCC3C2)c1. The number of rotatable bonds is 2. The Bertz CT molecular complexity index is 638. The van der Waals surface area contributed by atoms with Gasteiger partial charge in [0.05, 0.1) is 4.47 Å². The molecule has 2 aliphatic rings. The topological polar surface area (TPSA) is 63.4 Å². The van der Waals surface area contributed by atoms with Crippen molar-refractivity contribution in [3.05, 3.63) is 22.4 Å². The Morgan fingerprint density at radius 1 is 1.25 bits per heavy atom. The van der Waals surface area contributed by atoms with Gasteiger partial charge in [-0.2, -0.15) is 4.31 Å². The standard InChI is InChI=1S/C13H16BrFN2O2S/c14-11-4-10(16)5-12(13(11)15)20(18,19)17-6-8-2-1-3-9(8)7-17/h4-5,8-9H,1-3,6-7,16H2. The maximum absolute atomic E-state index is 14.1. The molecular formula is C13H16BrFN2O2S. The minimum Gasteiger partial charge on any atom is -0.399 e. The highest BCUT2D eigenvalue weighted by atomic mass is 79.9.